The lowest BCUT2D eigenvalue weighted by molar-refractivity contribution is -0.137. The number of carboxylic acid groups (broad SMARTS) is 1. The molecule has 0 bridgehead atoms. The van der Waals surface area contributed by atoms with Crippen LogP contribution < -0.4 is 26.0 Å². The second-order valence-corrected chi connectivity index (χ2v) is 10.1. The molecule has 0 saturated heterocycles. The van der Waals surface area contributed by atoms with Crippen LogP contribution in [0.2, 0.25) is 0 Å². The Labute approximate surface area is 242 Å². The van der Waals surface area contributed by atoms with Crippen molar-refractivity contribution in [1.29, 1.82) is 0 Å². The monoisotopic (exact) mass is 568 g/mol. The average molecular weight is 569 g/mol. The number of aliphatic carboxylic acids is 1. The first-order valence-electron chi connectivity index (χ1n) is 14.2. The van der Waals surface area contributed by atoms with E-state index in [1.165, 1.54) is 6.92 Å². The quantitative estimate of drug-likeness (QED) is 0.164. The van der Waals surface area contributed by atoms with Gasteiger partial charge in [0.15, 0.2) is 0 Å². The second-order valence-electron chi connectivity index (χ2n) is 10.1. The van der Waals surface area contributed by atoms with Gasteiger partial charge in [-0.2, -0.15) is 0 Å². The van der Waals surface area contributed by atoms with E-state index in [0.29, 0.717) is 19.4 Å². The van der Waals surface area contributed by atoms with Gasteiger partial charge in [0.05, 0.1) is 6.61 Å². The summed E-state index contributed by atoms with van der Waals surface area (Å²) in [6.07, 6.45) is 3.08. The maximum atomic E-state index is 13.4. The number of carbonyl (C=O) groups is 4. The Morgan fingerprint density at radius 3 is 2.32 bits per heavy atom. The topological polar surface area (TPSA) is 146 Å². The van der Waals surface area contributed by atoms with E-state index < -0.39 is 29.9 Å². The molecule has 224 valence electrons. The third kappa shape index (κ3) is 13.3. The highest BCUT2D eigenvalue weighted by molar-refractivity contribution is 5.91. The van der Waals surface area contributed by atoms with Gasteiger partial charge in [-0.05, 0) is 87.9 Å². The highest BCUT2D eigenvalue weighted by atomic mass is 16.5. The molecular formula is C31H44N4O6. The van der Waals surface area contributed by atoms with Gasteiger partial charge in [0.1, 0.15) is 17.8 Å². The van der Waals surface area contributed by atoms with Gasteiger partial charge in [-0.25, -0.2) is 0 Å². The average Bonchev–Trinajstić information content (AvgIpc) is 2.94. The Morgan fingerprint density at radius 1 is 0.902 bits per heavy atom. The Balaban J connectivity index is 2.09. The van der Waals surface area contributed by atoms with E-state index in [4.69, 9.17) is 9.84 Å². The van der Waals surface area contributed by atoms with Crippen molar-refractivity contribution in [2.45, 2.75) is 77.4 Å². The number of benzene rings is 2. The normalized spacial score (nSPS) is 12.2. The summed E-state index contributed by atoms with van der Waals surface area (Å²) in [7, 11) is 1.92. The fourth-order valence-electron chi connectivity index (χ4n) is 4.30. The SMILES string of the molecule is CNCCCCOc1ccc(C)c(CNC(=O)[C@H](CCc2ccccc2)NC(=O)[C@H](CCCC(=O)O)NC(C)=O)c1. The van der Waals surface area contributed by atoms with Gasteiger partial charge in [0, 0.05) is 19.9 Å². The molecule has 2 atom stereocenters. The first-order chi connectivity index (χ1) is 19.7. The smallest absolute Gasteiger partial charge is 0.303 e. The van der Waals surface area contributed by atoms with Crippen molar-refractivity contribution < 1.29 is 29.0 Å². The zero-order valence-electron chi connectivity index (χ0n) is 24.3. The minimum Gasteiger partial charge on any atom is -0.494 e. The minimum atomic E-state index is -0.981. The minimum absolute atomic E-state index is 0.126. The predicted octanol–water partition coefficient (Wildman–Crippen LogP) is 2.87. The molecule has 0 saturated carbocycles. The van der Waals surface area contributed by atoms with E-state index in [0.717, 1.165) is 41.8 Å². The van der Waals surface area contributed by atoms with E-state index >= 15 is 0 Å². The standard InChI is InChI=1S/C31H44N4O6/c1-22-14-16-26(41-19-8-7-18-32-3)20-25(22)21-33-30(39)28(17-15-24-10-5-4-6-11-24)35-31(40)27(34-23(2)36)12-9-13-29(37)38/h4-6,10-11,14,16,20,27-28,32H,7-9,12-13,15,17-19,21H2,1-3H3,(H,33,39)(H,34,36)(H,35,40)(H,37,38)/t27-,28-/m0/s1. The summed E-state index contributed by atoms with van der Waals surface area (Å²) < 4.78 is 5.88. The number of rotatable bonds is 19. The summed E-state index contributed by atoms with van der Waals surface area (Å²) in [5.41, 5.74) is 2.93. The molecule has 10 nitrogen and oxygen atoms in total. The number of ether oxygens (including phenoxy) is 1. The number of hydrogen-bond acceptors (Lipinski definition) is 6. The molecule has 0 unspecified atom stereocenters. The van der Waals surface area contributed by atoms with Gasteiger partial charge in [0.25, 0.3) is 0 Å². The van der Waals surface area contributed by atoms with Crippen LogP contribution >= 0.6 is 0 Å². The molecule has 0 fully saturated rings. The lowest BCUT2D eigenvalue weighted by Crippen LogP contribution is -2.53. The van der Waals surface area contributed by atoms with E-state index in [2.05, 4.69) is 21.3 Å². The molecule has 0 spiro atoms. The van der Waals surface area contributed by atoms with E-state index in [-0.39, 0.29) is 31.7 Å². The fourth-order valence-corrected chi connectivity index (χ4v) is 4.30. The summed E-state index contributed by atoms with van der Waals surface area (Å²) in [6, 6.07) is 13.6. The third-order valence-corrected chi connectivity index (χ3v) is 6.64. The Hall–Kier alpha value is -3.92. The Kier molecular flexibility index (Phi) is 15.0. The first-order valence-corrected chi connectivity index (χ1v) is 14.2. The molecule has 0 aliphatic rings. The second kappa shape index (κ2) is 18.4. The van der Waals surface area contributed by atoms with Crippen LogP contribution in [0.4, 0.5) is 0 Å². The van der Waals surface area contributed by atoms with Gasteiger partial charge in [0.2, 0.25) is 17.7 Å². The summed E-state index contributed by atoms with van der Waals surface area (Å²) in [5, 5.41) is 20.4. The number of aryl methyl sites for hydroxylation is 2. The molecule has 3 amide bonds. The number of hydrogen-bond donors (Lipinski definition) is 5. The number of amides is 3. The molecule has 2 aromatic carbocycles. The summed E-state index contributed by atoms with van der Waals surface area (Å²) >= 11 is 0. The molecule has 10 heteroatoms. The van der Waals surface area contributed by atoms with Crippen LogP contribution in [0.5, 0.6) is 5.75 Å². The Morgan fingerprint density at radius 2 is 1.63 bits per heavy atom. The lowest BCUT2D eigenvalue weighted by Gasteiger charge is -2.23. The van der Waals surface area contributed by atoms with Crippen molar-refractivity contribution in [3.05, 3.63) is 65.2 Å². The molecule has 0 aromatic heterocycles. The van der Waals surface area contributed by atoms with Crippen LogP contribution in [0.15, 0.2) is 48.5 Å². The maximum absolute atomic E-state index is 13.4. The van der Waals surface area contributed by atoms with Crippen molar-refractivity contribution in [1.82, 2.24) is 21.3 Å². The fraction of sp³-hybridized carbons (Fsp3) is 0.484. The van der Waals surface area contributed by atoms with Gasteiger partial charge in [-0.1, -0.05) is 36.4 Å². The van der Waals surface area contributed by atoms with Gasteiger partial charge in [-0.3, -0.25) is 19.2 Å². The largest absolute Gasteiger partial charge is 0.494 e. The van der Waals surface area contributed by atoms with E-state index in [1.54, 1.807) is 0 Å². The molecular weight excluding hydrogens is 524 g/mol. The Bertz CT molecular complexity index is 1120. The van der Waals surface area contributed by atoms with E-state index in [1.807, 2.05) is 62.5 Å². The number of carbonyl (C=O) groups excluding carboxylic acids is 3. The molecule has 41 heavy (non-hydrogen) atoms. The molecule has 2 rings (SSSR count). The summed E-state index contributed by atoms with van der Waals surface area (Å²) in [5.74, 6) is -1.53. The first kappa shape index (κ1) is 33.3. The summed E-state index contributed by atoms with van der Waals surface area (Å²) in [4.78, 5) is 49.2. The van der Waals surface area contributed by atoms with Crippen LogP contribution in [-0.4, -0.2) is 61.1 Å². The zero-order valence-corrected chi connectivity index (χ0v) is 24.3. The highest BCUT2D eigenvalue weighted by Crippen LogP contribution is 2.18. The van der Waals surface area contributed by atoms with Gasteiger partial charge in [-0.15, -0.1) is 0 Å². The summed E-state index contributed by atoms with van der Waals surface area (Å²) in [6.45, 7) is 5.05. The molecule has 0 aliphatic heterocycles. The van der Waals surface area contributed by atoms with Crippen LogP contribution in [0.25, 0.3) is 0 Å². The van der Waals surface area contributed by atoms with Crippen molar-refractivity contribution in [3.8, 4) is 5.75 Å². The van der Waals surface area contributed by atoms with Gasteiger partial charge >= 0.3 is 5.97 Å². The maximum Gasteiger partial charge on any atom is 0.303 e. The predicted molar refractivity (Wildman–Crippen MR) is 157 cm³/mol. The van der Waals surface area contributed by atoms with Crippen LogP contribution in [0, 0.1) is 6.92 Å². The van der Waals surface area contributed by atoms with Crippen LogP contribution in [-0.2, 0) is 32.1 Å². The van der Waals surface area contributed by atoms with Crippen molar-refractivity contribution in [3.63, 3.8) is 0 Å². The number of unbranched alkanes of at least 4 members (excludes halogenated alkanes) is 1. The van der Waals surface area contributed by atoms with E-state index in [9.17, 15) is 19.2 Å². The van der Waals surface area contributed by atoms with Crippen molar-refractivity contribution >= 4 is 23.7 Å². The third-order valence-electron chi connectivity index (χ3n) is 6.64. The lowest BCUT2D eigenvalue weighted by atomic mass is 10.0. The molecule has 0 radical (unpaired) electrons. The number of carboxylic acids is 1. The van der Waals surface area contributed by atoms with Crippen LogP contribution in [0.1, 0.15) is 62.1 Å². The van der Waals surface area contributed by atoms with Gasteiger partial charge < -0.3 is 31.1 Å². The number of nitrogens with one attached hydrogen (secondary N) is 4. The van der Waals surface area contributed by atoms with Crippen molar-refractivity contribution in [2.75, 3.05) is 20.2 Å². The van der Waals surface area contributed by atoms with Crippen LogP contribution in [0.3, 0.4) is 0 Å². The molecule has 0 heterocycles. The molecule has 2 aromatic rings. The zero-order chi connectivity index (χ0) is 30.0. The molecule has 5 N–H and O–H groups in total. The highest BCUT2D eigenvalue weighted by Gasteiger charge is 2.26. The van der Waals surface area contributed by atoms with Crippen molar-refractivity contribution in [2.24, 2.45) is 0 Å². The molecule has 0 aliphatic carbocycles.